The van der Waals surface area contributed by atoms with Crippen LogP contribution in [-0.2, 0) is 13.1 Å². The maximum absolute atomic E-state index is 14.2. The summed E-state index contributed by atoms with van der Waals surface area (Å²) in [6.07, 6.45) is 2.40. The molecule has 0 radical (unpaired) electrons. The molecule has 0 unspecified atom stereocenters. The van der Waals surface area contributed by atoms with Crippen molar-refractivity contribution < 1.29 is 4.39 Å². The monoisotopic (exact) mass is 368 g/mol. The lowest BCUT2D eigenvalue weighted by Crippen LogP contribution is -2.22. The van der Waals surface area contributed by atoms with E-state index in [0.717, 1.165) is 34.7 Å². The van der Waals surface area contributed by atoms with E-state index in [-0.39, 0.29) is 5.82 Å². The molecular formula is C16H18BrFN2S. The third kappa shape index (κ3) is 3.65. The molecule has 0 aliphatic carbocycles. The number of rotatable bonds is 5. The van der Waals surface area contributed by atoms with Crippen molar-refractivity contribution in [3.63, 3.8) is 0 Å². The van der Waals surface area contributed by atoms with Crippen LogP contribution in [0.15, 0.2) is 34.1 Å². The van der Waals surface area contributed by atoms with Crippen molar-refractivity contribution in [2.24, 2.45) is 0 Å². The van der Waals surface area contributed by atoms with E-state index in [1.165, 1.54) is 17.7 Å². The second-order valence-corrected chi connectivity index (χ2v) is 7.79. The standard InChI is InChI=1S/C16H18BrFN2S/c17-16-7-6-12(21-16)10-19-11-13-14(18)4-3-5-15(13)20-8-1-2-9-20/h3-7,19H,1-2,8-11H2. The molecule has 5 heteroatoms. The molecule has 3 rings (SSSR count). The predicted molar refractivity (Wildman–Crippen MR) is 90.4 cm³/mol. The first-order chi connectivity index (χ1) is 10.2. The van der Waals surface area contributed by atoms with Gasteiger partial charge in [0, 0.05) is 42.3 Å². The molecule has 0 saturated carbocycles. The normalized spacial score (nSPS) is 14.9. The lowest BCUT2D eigenvalue weighted by Gasteiger charge is -2.22. The van der Waals surface area contributed by atoms with Gasteiger partial charge in [0.1, 0.15) is 5.82 Å². The highest BCUT2D eigenvalue weighted by molar-refractivity contribution is 9.11. The molecule has 0 amide bonds. The van der Waals surface area contributed by atoms with Gasteiger partial charge < -0.3 is 10.2 Å². The molecule has 0 spiro atoms. The molecule has 1 saturated heterocycles. The van der Waals surface area contributed by atoms with E-state index in [2.05, 4.69) is 32.2 Å². The Kier molecular flexibility index (Phi) is 4.93. The van der Waals surface area contributed by atoms with Crippen LogP contribution < -0.4 is 10.2 Å². The van der Waals surface area contributed by atoms with Crippen molar-refractivity contribution in [3.05, 3.63) is 50.4 Å². The van der Waals surface area contributed by atoms with E-state index >= 15 is 0 Å². The second kappa shape index (κ2) is 6.90. The Labute approximate surface area is 137 Å². The van der Waals surface area contributed by atoms with Crippen LogP contribution in [0.4, 0.5) is 10.1 Å². The zero-order valence-electron chi connectivity index (χ0n) is 11.7. The second-order valence-electron chi connectivity index (χ2n) is 5.24. The van der Waals surface area contributed by atoms with Crippen molar-refractivity contribution in [3.8, 4) is 0 Å². The number of halogens is 2. The van der Waals surface area contributed by atoms with Crippen LogP contribution in [0.5, 0.6) is 0 Å². The number of thiophene rings is 1. The zero-order chi connectivity index (χ0) is 14.7. The van der Waals surface area contributed by atoms with Crippen molar-refractivity contribution in [1.29, 1.82) is 0 Å². The van der Waals surface area contributed by atoms with Crippen LogP contribution in [0, 0.1) is 5.82 Å². The van der Waals surface area contributed by atoms with E-state index in [1.807, 2.05) is 18.2 Å². The van der Waals surface area contributed by atoms with Crippen LogP contribution in [0.3, 0.4) is 0 Å². The SMILES string of the molecule is Fc1cccc(N2CCCC2)c1CNCc1ccc(Br)s1. The molecule has 21 heavy (non-hydrogen) atoms. The molecule has 1 aromatic heterocycles. The van der Waals surface area contributed by atoms with E-state index in [1.54, 1.807) is 17.4 Å². The third-order valence-corrected chi connectivity index (χ3v) is 5.39. The summed E-state index contributed by atoms with van der Waals surface area (Å²) in [6.45, 7) is 3.40. The Hall–Kier alpha value is -0.910. The topological polar surface area (TPSA) is 15.3 Å². The molecule has 2 aromatic rings. The minimum absolute atomic E-state index is 0.112. The van der Waals surface area contributed by atoms with Gasteiger partial charge in [0.15, 0.2) is 0 Å². The molecular weight excluding hydrogens is 351 g/mol. The summed E-state index contributed by atoms with van der Waals surface area (Å²) < 4.78 is 15.3. The Morgan fingerprint density at radius 1 is 1.14 bits per heavy atom. The van der Waals surface area contributed by atoms with Gasteiger partial charge in [-0.15, -0.1) is 11.3 Å². The predicted octanol–water partition coefficient (Wildman–Crippen LogP) is 4.54. The summed E-state index contributed by atoms with van der Waals surface area (Å²) in [4.78, 5) is 3.54. The molecule has 1 N–H and O–H groups in total. The first-order valence-electron chi connectivity index (χ1n) is 7.21. The number of benzene rings is 1. The van der Waals surface area contributed by atoms with Gasteiger partial charge in [0.2, 0.25) is 0 Å². The number of anilines is 1. The van der Waals surface area contributed by atoms with Crippen LogP contribution in [0.2, 0.25) is 0 Å². The van der Waals surface area contributed by atoms with Crippen LogP contribution in [0.25, 0.3) is 0 Å². The fourth-order valence-electron chi connectivity index (χ4n) is 2.73. The number of hydrogen-bond donors (Lipinski definition) is 1. The van der Waals surface area contributed by atoms with Gasteiger partial charge in [-0.05, 0) is 53.0 Å². The highest BCUT2D eigenvalue weighted by atomic mass is 79.9. The Bertz CT molecular complexity index is 608. The van der Waals surface area contributed by atoms with Crippen molar-refractivity contribution in [1.82, 2.24) is 5.32 Å². The fourth-order valence-corrected chi connectivity index (χ4v) is 4.19. The van der Waals surface area contributed by atoms with Crippen LogP contribution in [0.1, 0.15) is 23.3 Å². The van der Waals surface area contributed by atoms with Crippen molar-refractivity contribution in [2.45, 2.75) is 25.9 Å². The number of hydrogen-bond acceptors (Lipinski definition) is 3. The van der Waals surface area contributed by atoms with Gasteiger partial charge in [-0.2, -0.15) is 0 Å². The van der Waals surface area contributed by atoms with Gasteiger partial charge in [-0.3, -0.25) is 0 Å². The van der Waals surface area contributed by atoms with Crippen LogP contribution >= 0.6 is 27.3 Å². The molecule has 112 valence electrons. The molecule has 1 aliphatic heterocycles. The summed E-state index contributed by atoms with van der Waals surface area (Å²) in [5, 5.41) is 3.36. The van der Waals surface area contributed by atoms with Crippen molar-refractivity contribution >= 4 is 33.0 Å². The average Bonchev–Trinajstić information content (AvgIpc) is 3.12. The van der Waals surface area contributed by atoms with Crippen molar-refractivity contribution in [2.75, 3.05) is 18.0 Å². The maximum atomic E-state index is 14.2. The van der Waals surface area contributed by atoms with Gasteiger partial charge >= 0.3 is 0 Å². The summed E-state index contributed by atoms with van der Waals surface area (Å²) in [5.41, 5.74) is 1.84. The van der Waals surface area contributed by atoms with E-state index < -0.39 is 0 Å². The van der Waals surface area contributed by atoms with Crippen LogP contribution in [-0.4, -0.2) is 13.1 Å². The number of nitrogens with zero attached hydrogens (tertiary/aromatic N) is 1. The Morgan fingerprint density at radius 2 is 1.95 bits per heavy atom. The Balaban J connectivity index is 1.69. The molecule has 1 fully saturated rings. The van der Waals surface area contributed by atoms with Gasteiger partial charge in [-0.1, -0.05) is 6.07 Å². The maximum Gasteiger partial charge on any atom is 0.129 e. The summed E-state index contributed by atoms with van der Waals surface area (Å²) in [6, 6.07) is 9.53. The molecule has 0 atom stereocenters. The zero-order valence-corrected chi connectivity index (χ0v) is 14.1. The molecule has 1 aromatic carbocycles. The molecule has 2 nitrogen and oxygen atoms in total. The minimum atomic E-state index is -0.112. The summed E-state index contributed by atoms with van der Waals surface area (Å²) in [7, 11) is 0. The van der Waals surface area contributed by atoms with Gasteiger partial charge in [-0.25, -0.2) is 4.39 Å². The number of nitrogens with one attached hydrogen (secondary N) is 1. The smallest absolute Gasteiger partial charge is 0.129 e. The van der Waals surface area contributed by atoms with Gasteiger partial charge in [0.25, 0.3) is 0 Å². The average molecular weight is 369 g/mol. The first kappa shape index (κ1) is 15.0. The van der Waals surface area contributed by atoms with E-state index in [4.69, 9.17) is 0 Å². The molecule has 2 heterocycles. The highest BCUT2D eigenvalue weighted by Crippen LogP contribution is 2.27. The Morgan fingerprint density at radius 3 is 2.67 bits per heavy atom. The highest BCUT2D eigenvalue weighted by Gasteiger charge is 2.17. The van der Waals surface area contributed by atoms with E-state index in [0.29, 0.717) is 6.54 Å². The third-order valence-electron chi connectivity index (χ3n) is 3.77. The lowest BCUT2D eigenvalue weighted by molar-refractivity contribution is 0.588. The largest absolute Gasteiger partial charge is 0.371 e. The quantitative estimate of drug-likeness (QED) is 0.833. The summed E-state index contributed by atoms with van der Waals surface area (Å²) in [5.74, 6) is -0.112. The first-order valence-corrected chi connectivity index (χ1v) is 8.82. The van der Waals surface area contributed by atoms with E-state index in [9.17, 15) is 4.39 Å². The fraction of sp³-hybridized carbons (Fsp3) is 0.375. The molecule has 1 aliphatic rings. The molecule has 0 bridgehead atoms. The summed E-state index contributed by atoms with van der Waals surface area (Å²) >= 11 is 5.17. The van der Waals surface area contributed by atoms with Gasteiger partial charge in [0.05, 0.1) is 3.79 Å². The lowest BCUT2D eigenvalue weighted by atomic mass is 10.1. The minimum Gasteiger partial charge on any atom is -0.371 e.